The number of carbonyl (C=O) groups is 1. The van der Waals surface area contributed by atoms with Crippen LogP contribution in [0.1, 0.15) is 25.7 Å². The van der Waals surface area contributed by atoms with E-state index in [0.717, 1.165) is 42.3 Å². The number of anilines is 1. The third-order valence-corrected chi connectivity index (χ3v) is 4.58. The molecule has 0 atom stereocenters. The number of rotatable bonds is 3. The summed E-state index contributed by atoms with van der Waals surface area (Å²) in [5.41, 5.74) is 1.86. The number of hydrogen-bond acceptors (Lipinski definition) is 3. The number of aliphatic carboxylic acids is 1. The van der Waals surface area contributed by atoms with Crippen LogP contribution in [0.15, 0.2) is 35.1 Å². The van der Waals surface area contributed by atoms with Gasteiger partial charge < -0.3 is 15.0 Å². The largest absolute Gasteiger partial charge is 0.481 e. The molecule has 0 amide bonds. The monoisotopic (exact) mass is 300 g/mol. The van der Waals surface area contributed by atoms with Crippen molar-refractivity contribution in [3.63, 3.8) is 0 Å². The standard InChI is InChI=1S/C17H20N2O3/c1-19-15-10-14(8-2-11(15)5-9-16(19)20)18-13-6-3-12(4-7-13)17(21)22/h2,5,8-10,12-13,18H,3-4,6-7H2,1H3,(H,21,22). The van der Waals surface area contributed by atoms with Crippen LogP contribution in [0.3, 0.4) is 0 Å². The molecule has 0 unspecified atom stereocenters. The highest BCUT2D eigenvalue weighted by Crippen LogP contribution is 2.27. The molecule has 1 heterocycles. The molecule has 1 aromatic carbocycles. The Morgan fingerprint density at radius 3 is 2.55 bits per heavy atom. The van der Waals surface area contributed by atoms with Crippen molar-refractivity contribution >= 4 is 22.6 Å². The van der Waals surface area contributed by atoms with Crippen LogP contribution in [0.2, 0.25) is 0 Å². The van der Waals surface area contributed by atoms with Crippen LogP contribution in [0, 0.1) is 5.92 Å². The van der Waals surface area contributed by atoms with Crippen LogP contribution in [0.25, 0.3) is 10.9 Å². The second kappa shape index (κ2) is 5.83. The Morgan fingerprint density at radius 1 is 1.18 bits per heavy atom. The third-order valence-electron chi connectivity index (χ3n) is 4.58. The first-order valence-electron chi connectivity index (χ1n) is 7.64. The zero-order valence-corrected chi connectivity index (χ0v) is 12.6. The highest BCUT2D eigenvalue weighted by Gasteiger charge is 2.25. The SMILES string of the molecule is Cn1c(=O)ccc2ccc(NC3CCC(C(=O)O)CC3)cc21. The first-order chi connectivity index (χ1) is 10.5. The number of pyridine rings is 1. The predicted molar refractivity (Wildman–Crippen MR) is 86.2 cm³/mol. The van der Waals surface area contributed by atoms with E-state index in [1.165, 1.54) is 0 Å². The zero-order chi connectivity index (χ0) is 15.7. The van der Waals surface area contributed by atoms with Crippen molar-refractivity contribution in [2.45, 2.75) is 31.7 Å². The summed E-state index contributed by atoms with van der Waals surface area (Å²) in [6, 6.07) is 9.70. The minimum Gasteiger partial charge on any atom is -0.481 e. The second-order valence-corrected chi connectivity index (χ2v) is 6.04. The van der Waals surface area contributed by atoms with Crippen LogP contribution < -0.4 is 10.9 Å². The van der Waals surface area contributed by atoms with Crippen LogP contribution in [0.5, 0.6) is 0 Å². The maximum atomic E-state index is 11.7. The molecule has 2 N–H and O–H groups in total. The Morgan fingerprint density at radius 2 is 1.86 bits per heavy atom. The van der Waals surface area contributed by atoms with Gasteiger partial charge >= 0.3 is 5.97 Å². The number of carboxylic acids is 1. The molecule has 1 saturated carbocycles. The fourth-order valence-electron chi connectivity index (χ4n) is 3.18. The van der Waals surface area contributed by atoms with E-state index < -0.39 is 5.97 Å². The van der Waals surface area contributed by atoms with Gasteiger partial charge in [0.25, 0.3) is 5.56 Å². The summed E-state index contributed by atoms with van der Waals surface area (Å²) in [7, 11) is 1.77. The lowest BCUT2D eigenvalue weighted by Crippen LogP contribution is -2.29. The first-order valence-corrected chi connectivity index (χ1v) is 7.64. The molecule has 1 aliphatic carbocycles. The van der Waals surface area contributed by atoms with Gasteiger partial charge in [0.2, 0.25) is 0 Å². The molecule has 0 radical (unpaired) electrons. The van der Waals surface area contributed by atoms with Gasteiger partial charge in [-0.2, -0.15) is 0 Å². The summed E-state index contributed by atoms with van der Waals surface area (Å²) in [5, 5.41) is 13.5. The summed E-state index contributed by atoms with van der Waals surface area (Å²) in [6.07, 6.45) is 3.17. The Hall–Kier alpha value is -2.30. The highest BCUT2D eigenvalue weighted by atomic mass is 16.4. The second-order valence-electron chi connectivity index (χ2n) is 6.04. The van der Waals surface area contributed by atoms with Crippen molar-refractivity contribution in [2.75, 3.05) is 5.32 Å². The van der Waals surface area contributed by atoms with E-state index in [0.29, 0.717) is 6.04 Å². The molecular weight excluding hydrogens is 280 g/mol. The van der Waals surface area contributed by atoms with E-state index in [1.54, 1.807) is 17.7 Å². The van der Waals surface area contributed by atoms with Crippen LogP contribution in [0.4, 0.5) is 5.69 Å². The number of carboxylic acid groups (broad SMARTS) is 1. The summed E-state index contributed by atoms with van der Waals surface area (Å²) in [4.78, 5) is 22.7. The van der Waals surface area contributed by atoms with E-state index in [1.807, 2.05) is 24.3 Å². The molecule has 3 rings (SSSR count). The topological polar surface area (TPSA) is 71.3 Å². The predicted octanol–water partition coefficient (Wildman–Crippen LogP) is 2.59. The molecule has 0 bridgehead atoms. The minimum atomic E-state index is -0.681. The van der Waals surface area contributed by atoms with Crippen molar-refractivity contribution in [1.29, 1.82) is 0 Å². The van der Waals surface area contributed by atoms with Crippen LogP contribution >= 0.6 is 0 Å². The maximum Gasteiger partial charge on any atom is 0.306 e. The van der Waals surface area contributed by atoms with Gasteiger partial charge in [-0.1, -0.05) is 6.07 Å². The number of fused-ring (bicyclic) bond motifs is 1. The molecule has 22 heavy (non-hydrogen) atoms. The van der Waals surface area contributed by atoms with Gasteiger partial charge in [-0.05, 0) is 49.3 Å². The Kier molecular flexibility index (Phi) is 3.88. The summed E-state index contributed by atoms with van der Waals surface area (Å²) in [5.74, 6) is -0.880. The molecule has 5 nitrogen and oxygen atoms in total. The van der Waals surface area contributed by atoms with Gasteiger partial charge in [0, 0.05) is 24.8 Å². The Balaban J connectivity index is 1.76. The number of nitrogens with one attached hydrogen (secondary N) is 1. The summed E-state index contributed by atoms with van der Waals surface area (Å²) < 4.78 is 1.64. The van der Waals surface area contributed by atoms with Crippen molar-refractivity contribution in [3.8, 4) is 0 Å². The van der Waals surface area contributed by atoms with E-state index in [-0.39, 0.29) is 11.5 Å². The van der Waals surface area contributed by atoms with Crippen molar-refractivity contribution in [3.05, 3.63) is 40.7 Å². The van der Waals surface area contributed by atoms with E-state index in [2.05, 4.69) is 5.32 Å². The molecule has 2 aromatic rings. The summed E-state index contributed by atoms with van der Waals surface area (Å²) >= 11 is 0. The molecule has 0 spiro atoms. The lowest BCUT2D eigenvalue weighted by molar-refractivity contribution is -0.142. The average molecular weight is 300 g/mol. The molecular formula is C17H20N2O3. The fourth-order valence-corrected chi connectivity index (χ4v) is 3.18. The molecule has 5 heteroatoms. The van der Waals surface area contributed by atoms with E-state index in [9.17, 15) is 9.59 Å². The van der Waals surface area contributed by atoms with Gasteiger partial charge in [0.05, 0.1) is 11.4 Å². The third kappa shape index (κ3) is 2.84. The van der Waals surface area contributed by atoms with Gasteiger partial charge in [0.15, 0.2) is 0 Å². The van der Waals surface area contributed by atoms with Crippen LogP contribution in [-0.2, 0) is 11.8 Å². The lowest BCUT2D eigenvalue weighted by atomic mass is 9.86. The van der Waals surface area contributed by atoms with E-state index >= 15 is 0 Å². The normalized spacial score (nSPS) is 21.7. The molecule has 1 fully saturated rings. The molecule has 0 saturated heterocycles. The molecule has 1 aromatic heterocycles. The first kappa shape index (κ1) is 14.6. The Bertz CT molecular complexity index is 758. The number of benzene rings is 1. The molecule has 1 aliphatic rings. The quantitative estimate of drug-likeness (QED) is 0.914. The fraction of sp³-hybridized carbons (Fsp3) is 0.412. The highest BCUT2D eigenvalue weighted by molar-refractivity contribution is 5.82. The van der Waals surface area contributed by atoms with Crippen molar-refractivity contribution < 1.29 is 9.90 Å². The number of aromatic nitrogens is 1. The molecule has 0 aliphatic heterocycles. The van der Waals surface area contributed by atoms with Crippen molar-refractivity contribution in [2.24, 2.45) is 13.0 Å². The lowest BCUT2D eigenvalue weighted by Gasteiger charge is -2.27. The summed E-state index contributed by atoms with van der Waals surface area (Å²) in [6.45, 7) is 0. The van der Waals surface area contributed by atoms with Gasteiger partial charge in [-0.3, -0.25) is 9.59 Å². The maximum absolute atomic E-state index is 11.7. The van der Waals surface area contributed by atoms with Crippen LogP contribution in [-0.4, -0.2) is 21.7 Å². The van der Waals surface area contributed by atoms with Crippen molar-refractivity contribution in [1.82, 2.24) is 4.57 Å². The van der Waals surface area contributed by atoms with E-state index in [4.69, 9.17) is 5.11 Å². The zero-order valence-electron chi connectivity index (χ0n) is 12.6. The minimum absolute atomic E-state index is 0.0217. The number of hydrogen-bond donors (Lipinski definition) is 2. The average Bonchev–Trinajstić information content (AvgIpc) is 2.52. The van der Waals surface area contributed by atoms with Gasteiger partial charge in [-0.25, -0.2) is 0 Å². The number of aryl methyl sites for hydroxylation is 1. The Labute approximate surface area is 128 Å². The van der Waals surface area contributed by atoms with Gasteiger partial charge in [0.1, 0.15) is 0 Å². The smallest absolute Gasteiger partial charge is 0.306 e. The van der Waals surface area contributed by atoms with Gasteiger partial charge in [-0.15, -0.1) is 0 Å². The molecule has 116 valence electrons. The number of nitrogens with zero attached hydrogens (tertiary/aromatic N) is 1.